The Morgan fingerprint density at radius 1 is 0.500 bits per heavy atom. The second-order valence-electron chi connectivity index (χ2n) is 37.1. The number of rotatable bonds is 3. The largest absolute Gasteiger partial charge is 0.508 e. The number of nitrogens with zero attached hydrogens (tertiary/aromatic N) is 4. The Hall–Kier alpha value is -8.58. The fourth-order valence-corrected chi connectivity index (χ4v) is 11.1. The van der Waals surface area contributed by atoms with Crippen molar-refractivity contribution in [1.29, 1.82) is 0 Å². The van der Waals surface area contributed by atoms with Crippen LogP contribution >= 0.6 is 0 Å². The molecule has 668 valence electrons. The molecule has 6 heterocycles. The van der Waals surface area contributed by atoms with Crippen LogP contribution in [0.2, 0.25) is 0 Å². The van der Waals surface area contributed by atoms with Crippen molar-refractivity contribution < 1.29 is 14.3 Å². The number of H-pyrrole nitrogens is 4. The molecule has 1 unspecified atom stereocenters. The van der Waals surface area contributed by atoms with Crippen LogP contribution in [0.5, 0.6) is 5.75 Å². The van der Waals surface area contributed by atoms with Crippen molar-refractivity contribution in [3.8, 4) is 28.3 Å². The Morgan fingerprint density at radius 3 is 1.22 bits per heavy atom. The lowest BCUT2D eigenvalue weighted by Gasteiger charge is -2.32. The van der Waals surface area contributed by atoms with Gasteiger partial charge in [0.25, 0.3) is 0 Å². The lowest BCUT2D eigenvalue weighted by Crippen LogP contribution is -2.30. The van der Waals surface area contributed by atoms with Crippen molar-refractivity contribution in [2.45, 2.75) is 368 Å². The SMILES string of the molecule is C=CCC(C)(C)C.CC.CC.CC.CC.CC.CC.CC.CC(C)(C)C1CCCCC1=O.CC(C)(C)c1[nH]c(N)nc1-c1ccc(O)cc1.CC(C)(C)c1ccc[nH]1.CC(C)(C)c1ccco1.CC(C)(C)c1ccn[nH]1.Cc1ccc(-c2nc(N)[nH]c2C(C)(C)C)cc1.Cc1ccc(C(C)(C)C)cc1.Cn1cc(C(C)(C)C)c2ccccc21. The molecule has 0 radical (unpaired) electrons. The summed E-state index contributed by atoms with van der Waals surface area (Å²) in [6, 6.07) is 42.7. The number of nitrogens with two attached hydrogens (primary N) is 2. The molecule has 10 aromatic rings. The Balaban J connectivity index is -0.000000402. The molecule has 1 atom stereocenters. The van der Waals surface area contributed by atoms with Crippen LogP contribution in [-0.4, -0.2) is 50.6 Å². The monoisotopic (exact) mass is 1630 g/mol. The number of aromatic hydroxyl groups is 1. The van der Waals surface area contributed by atoms with E-state index in [4.69, 9.17) is 15.9 Å². The number of phenolic OH excluding ortho intramolecular Hbond substituents is 1. The number of ketones is 1. The molecule has 6 aromatic heterocycles. The van der Waals surface area contributed by atoms with E-state index in [0.717, 1.165) is 65.3 Å². The number of Topliss-reactive ketones (excluding diaryl/α,β-unsaturated/α-hetero) is 1. The number of benzene rings is 4. The van der Waals surface area contributed by atoms with E-state index in [1.807, 2.05) is 146 Å². The number of fused-ring (bicyclic) bond motifs is 1. The van der Waals surface area contributed by atoms with Crippen LogP contribution < -0.4 is 11.5 Å². The number of nitrogen functional groups attached to an aromatic ring is 2. The van der Waals surface area contributed by atoms with Crippen molar-refractivity contribution in [2.75, 3.05) is 11.5 Å². The van der Waals surface area contributed by atoms with Gasteiger partial charge >= 0.3 is 0 Å². The molecule has 4 aromatic carbocycles. The first-order valence-electron chi connectivity index (χ1n) is 44.2. The van der Waals surface area contributed by atoms with E-state index in [1.165, 1.54) is 51.0 Å². The first-order chi connectivity index (χ1) is 54.6. The van der Waals surface area contributed by atoms with Gasteiger partial charge in [0.05, 0.1) is 17.7 Å². The van der Waals surface area contributed by atoms with Gasteiger partial charge in [-0.15, -0.1) is 6.58 Å². The van der Waals surface area contributed by atoms with Crippen LogP contribution in [0.25, 0.3) is 33.4 Å². The van der Waals surface area contributed by atoms with Gasteiger partial charge in [-0.3, -0.25) is 9.89 Å². The van der Waals surface area contributed by atoms with Crippen LogP contribution in [0.3, 0.4) is 0 Å². The van der Waals surface area contributed by atoms with E-state index < -0.39 is 0 Å². The topological polar surface area (TPSA) is 209 Å². The summed E-state index contributed by atoms with van der Waals surface area (Å²) in [5, 5.41) is 17.5. The van der Waals surface area contributed by atoms with Crippen molar-refractivity contribution in [3.05, 3.63) is 216 Å². The number of carbonyl (C=O) groups excluding carboxylic acids is 1. The lowest BCUT2D eigenvalue weighted by atomic mass is 9.72. The number of carbonyl (C=O) groups is 1. The molecule has 11 rings (SSSR count). The quantitative estimate of drug-likeness (QED) is 0.0845. The maximum atomic E-state index is 11.4. The minimum atomic E-state index is -0.0577. The van der Waals surface area contributed by atoms with Crippen LogP contribution in [0, 0.1) is 30.6 Å². The third kappa shape index (κ3) is 47.3. The van der Waals surface area contributed by atoms with Crippen molar-refractivity contribution in [2.24, 2.45) is 23.8 Å². The third-order valence-electron chi connectivity index (χ3n) is 17.4. The molecule has 1 saturated carbocycles. The summed E-state index contributed by atoms with van der Waals surface area (Å²) in [5.74, 6) is 3.00. The van der Waals surface area contributed by atoms with E-state index in [1.54, 1.807) is 24.6 Å². The zero-order valence-corrected chi connectivity index (χ0v) is 84.0. The number of aryl methyl sites for hydroxylation is 3. The second-order valence-corrected chi connectivity index (χ2v) is 37.1. The first kappa shape index (κ1) is 118. The molecule has 0 aliphatic heterocycles. The number of allylic oxidation sites excluding steroid dienone is 1. The first-order valence-corrected chi connectivity index (χ1v) is 44.2. The number of hydrogen-bond donors (Lipinski definition) is 7. The highest BCUT2D eigenvalue weighted by atomic mass is 16.3. The van der Waals surface area contributed by atoms with Crippen LogP contribution in [-0.2, 0) is 49.7 Å². The molecule has 0 spiro atoms. The number of imidazole rings is 2. The van der Waals surface area contributed by atoms with Gasteiger partial charge in [-0.05, 0) is 127 Å². The second kappa shape index (κ2) is 57.6. The molecular formula is C105H180N10O3. The van der Waals surface area contributed by atoms with E-state index in [0.29, 0.717) is 29.0 Å². The number of phenols is 1. The summed E-state index contributed by atoms with van der Waals surface area (Å²) in [5.41, 5.74) is 28.3. The van der Waals surface area contributed by atoms with E-state index >= 15 is 0 Å². The summed E-state index contributed by atoms with van der Waals surface area (Å²) in [4.78, 5) is 29.6. The van der Waals surface area contributed by atoms with Crippen LogP contribution in [0.15, 0.2) is 169 Å². The Kier molecular flexibility index (Phi) is 57.5. The van der Waals surface area contributed by atoms with Gasteiger partial charge in [0.1, 0.15) is 17.3 Å². The standard InChI is InChI=1S/C14H19N3.C13H17N3O.C13H17N.C11H16.C10H18O.C8H13N.C8H12O.C7H12N2.C7H14.7C2H6/c1-9-5-7-10(8-6-9)11-12(14(2,3)4)17-13(15)16-11;1-13(2,3)11-10(15-12(14)16-11)8-4-6-9(17)7-5-8;1-13(2,3)11-9-14(4)12-8-6-5-7-10(11)12;1-9-5-7-10(8-6-9)11(2,3)4;1-10(2,3)8-6-4-5-7-9(8)11;2*1-8(2,3)7-5-4-6-9-7;1-7(2,3)6-4-5-8-9-6;1-5-6-7(2,3)4;7*1-2/h5-8H,1-4H3,(H3,15,16,17);4-7,17H,1-3H3,(H3,14,15,16);5-9H,1-4H3;5-8H,1-4H3;8H,4-7H2,1-3H3;4-6,9H,1-3H3;4-6H,1-3H3;4-5H,1-3H3,(H,8,9);5H,1,6H2,2-4H3;7*1-2H3. The van der Waals surface area contributed by atoms with Crippen molar-refractivity contribution in [3.63, 3.8) is 0 Å². The van der Waals surface area contributed by atoms with Crippen molar-refractivity contribution in [1.82, 2.24) is 39.7 Å². The minimum absolute atomic E-state index is 0.00480. The highest BCUT2D eigenvalue weighted by Gasteiger charge is 2.32. The van der Waals surface area contributed by atoms with E-state index in [9.17, 15) is 9.90 Å². The Labute approximate surface area is 725 Å². The predicted octanol–water partition coefficient (Wildman–Crippen LogP) is 31.9. The molecule has 0 bridgehead atoms. The normalized spacial score (nSPS) is 12.2. The van der Waals surface area contributed by atoms with E-state index in [2.05, 4.69) is 339 Å². The maximum absolute atomic E-state index is 11.4. The maximum Gasteiger partial charge on any atom is 0.198 e. The minimum Gasteiger partial charge on any atom is -0.508 e. The molecule has 13 heteroatoms. The van der Waals surface area contributed by atoms with Crippen molar-refractivity contribution >= 4 is 28.6 Å². The number of aromatic amines is 4. The summed E-state index contributed by atoms with van der Waals surface area (Å²) in [7, 11) is 2.11. The summed E-state index contributed by atoms with van der Waals surface area (Å²) in [6.07, 6.45) is 15.0. The fraction of sp³-hybridized carbons (Fsp3) is 0.562. The number of anilines is 2. The van der Waals surface area contributed by atoms with Gasteiger partial charge in [0.2, 0.25) is 0 Å². The number of para-hydroxylation sites is 1. The molecule has 1 aliphatic rings. The molecule has 0 amide bonds. The van der Waals surface area contributed by atoms with Gasteiger partial charge in [0, 0.05) is 110 Å². The molecule has 0 saturated heterocycles. The third-order valence-corrected chi connectivity index (χ3v) is 17.4. The smallest absolute Gasteiger partial charge is 0.198 e. The molecular weight excluding hydrogens is 1450 g/mol. The summed E-state index contributed by atoms with van der Waals surface area (Å²) >= 11 is 0. The van der Waals surface area contributed by atoms with Gasteiger partial charge in [-0.1, -0.05) is 374 Å². The molecule has 13 nitrogen and oxygen atoms in total. The average Bonchev–Trinajstić information content (AvgIpc) is 1.65. The summed E-state index contributed by atoms with van der Waals surface area (Å²) < 4.78 is 7.40. The number of furan rings is 1. The highest BCUT2D eigenvalue weighted by molar-refractivity contribution is 5.85. The number of hydrogen-bond acceptors (Lipinski definition) is 8. The molecule has 118 heavy (non-hydrogen) atoms. The van der Waals surface area contributed by atoms with Crippen LogP contribution in [0.1, 0.15) is 367 Å². The van der Waals surface area contributed by atoms with Gasteiger partial charge in [-0.25, -0.2) is 9.97 Å². The fourth-order valence-electron chi connectivity index (χ4n) is 11.1. The lowest BCUT2D eigenvalue weighted by molar-refractivity contribution is -0.128. The predicted molar refractivity (Wildman–Crippen MR) is 526 cm³/mol. The molecule has 1 fully saturated rings. The summed E-state index contributed by atoms with van der Waals surface area (Å²) in [6.45, 7) is 94.6. The van der Waals surface area contributed by atoms with Crippen LogP contribution in [0.4, 0.5) is 11.9 Å². The highest BCUT2D eigenvalue weighted by Crippen LogP contribution is 2.37. The van der Waals surface area contributed by atoms with Gasteiger partial charge < -0.3 is 40.5 Å². The zero-order chi connectivity index (χ0) is 93.2. The average molecular weight is 1630 g/mol. The zero-order valence-electron chi connectivity index (χ0n) is 84.0. The van der Waals surface area contributed by atoms with Gasteiger partial charge in [-0.2, -0.15) is 5.10 Å². The van der Waals surface area contributed by atoms with Gasteiger partial charge in [0.15, 0.2) is 11.9 Å². The Bertz CT molecular complexity index is 3850. The van der Waals surface area contributed by atoms with E-state index in [-0.39, 0.29) is 49.1 Å². The Morgan fingerprint density at radius 2 is 0.932 bits per heavy atom. The number of aromatic nitrogens is 8. The molecule has 9 N–H and O–H groups in total. The number of nitrogens with one attached hydrogen (secondary N) is 4. The molecule has 1 aliphatic carbocycles.